The summed E-state index contributed by atoms with van der Waals surface area (Å²) < 4.78 is 16.1. The molecule has 0 aliphatic heterocycles. The summed E-state index contributed by atoms with van der Waals surface area (Å²) in [7, 11) is 1.85. The van der Waals surface area contributed by atoms with Crippen molar-refractivity contribution in [3.8, 4) is 11.1 Å². The minimum atomic E-state index is -0.251. The number of benzene rings is 2. The van der Waals surface area contributed by atoms with Gasteiger partial charge in [-0.25, -0.2) is 4.39 Å². The molecule has 0 saturated carbocycles. The number of aryl methyl sites for hydroxylation is 1. The largest absolute Gasteiger partial charge is 0.278 e. The van der Waals surface area contributed by atoms with E-state index in [0.717, 1.165) is 27.4 Å². The van der Waals surface area contributed by atoms with Gasteiger partial charge in [-0.3, -0.25) is 9.78 Å². The van der Waals surface area contributed by atoms with Gasteiger partial charge in [-0.15, -0.1) is 0 Å². The second-order valence-corrected chi connectivity index (χ2v) is 4.80. The van der Waals surface area contributed by atoms with Gasteiger partial charge in [0.05, 0.1) is 23.4 Å². The molecule has 2 aromatic heterocycles. The van der Waals surface area contributed by atoms with Gasteiger partial charge in [0.15, 0.2) is 0 Å². The number of hydrogen-bond donors (Lipinski definition) is 1. The Morgan fingerprint density at radius 2 is 2.05 bits per heavy atom. The lowest BCUT2D eigenvalue weighted by Gasteiger charge is -2.06. The molecule has 20 heavy (non-hydrogen) atoms. The summed E-state index contributed by atoms with van der Waals surface area (Å²) in [4.78, 5) is 0. The molecule has 0 aliphatic carbocycles. The van der Waals surface area contributed by atoms with E-state index in [2.05, 4.69) is 15.3 Å². The quantitative estimate of drug-likeness (QED) is 0.575. The molecule has 0 saturated heterocycles. The highest BCUT2D eigenvalue weighted by Crippen LogP contribution is 2.32. The Morgan fingerprint density at radius 3 is 2.95 bits per heavy atom. The zero-order chi connectivity index (χ0) is 13.7. The topological polar surface area (TPSA) is 46.5 Å². The monoisotopic (exact) mass is 266 g/mol. The van der Waals surface area contributed by atoms with Gasteiger partial charge in [-0.2, -0.15) is 10.2 Å². The third-order valence-corrected chi connectivity index (χ3v) is 3.61. The van der Waals surface area contributed by atoms with E-state index < -0.39 is 0 Å². The Hall–Kier alpha value is -2.69. The molecule has 0 unspecified atom stereocenters. The molecular weight excluding hydrogens is 255 g/mol. The van der Waals surface area contributed by atoms with Crippen LogP contribution in [0, 0.1) is 5.82 Å². The van der Waals surface area contributed by atoms with E-state index in [1.807, 2.05) is 31.3 Å². The molecule has 0 bridgehead atoms. The first-order valence-corrected chi connectivity index (χ1v) is 6.28. The maximum absolute atomic E-state index is 14.4. The van der Waals surface area contributed by atoms with Crippen LogP contribution in [0.5, 0.6) is 0 Å². The van der Waals surface area contributed by atoms with Gasteiger partial charge in [-0.1, -0.05) is 12.1 Å². The molecule has 98 valence electrons. The van der Waals surface area contributed by atoms with E-state index in [4.69, 9.17) is 0 Å². The Labute approximate surface area is 113 Å². The fourth-order valence-corrected chi connectivity index (χ4v) is 2.58. The lowest BCUT2D eigenvalue weighted by molar-refractivity contribution is 0.633. The van der Waals surface area contributed by atoms with E-state index >= 15 is 0 Å². The van der Waals surface area contributed by atoms with Crippen molar-refractivity contribution >= 4 is 21.8 Å². The number of rotatable bonds is 1. The van der Waals surface area contributed by atoms with Gasteiger partial charge < -0.3 is 0 Å². The van der Waals surface area contributed by atoms with Crippen LogP contribution in [0.4, 0.5) is 4.39 Å². The van der Waals surface area contributed by atoms with Crippen molar-refractivity contribution < 1.29 is 4.39 Å². The number of nitrogens with one attached hydrogen (secondary N) is 1. The molecule has 0 spiro atoms. The third-order valence-electron chi connectivity index (χ3n) is 3.61. The lowest BCUT2D eigenvalue weighted by Crippen LogP contribution is -1.91. The Bertz CT molecular complexity index is 936. The molecule has 2 aromatic carbocycles. The van der Waals surface area contributed by atoms with E-state index in [1.54, 1.807) is 17.1 Å². The number of halogens is 1. The van der Waals surface area contributed by atoms with Gasteiger partial charge in [-0.05, 0) is 23.8 Å². The predicted octanol–water partition coefficient (Wildman–Crippen LogP) is 3.26. The van der Waals surface area contributed by atoms with Crippen molar-refractivity contribution in [3.05, 3.63) is 48.5 Å². The molecule has 5 heteroatoms. The number of aromatic amines is 1. The third kappa shape index (κ3) is 1.46. The van der Waals surface area contributed by atoms with Crippen LogP contribution in [0.1, 0.15) is 0 Å². The maximum atomic E-state index is 14.4. The van der Waals surface area contributed by atoms with Crippen LogP contribution in [0.3, 0.4) is 0 Å². The lowest BCUT2D eigenvalue weighted by atomic mass is 10.0. The van der Waals surface area contributed by atoms with Crippen molar-refractivity contribution in [3.63, 3.8) is 0 Å². The summed E-state index contributed by atoms with van der Waals surface area (Å²) in [6.07, 6.45) is 3.39. The number of aromatic nitrogens is 4. The molecule has 0 fully saturated rings. The van der Waals surface area contributed by atoms with Crippen LogP contribution in [0.15, 0.2) is 42.7 Å². The van der Waals surface area contributed by atoms with Gasteiger partial charge in [0.1, 0.15) is 5.82 Å². The van der Waals surface area contributed by atoms with Gasteiger partial charge >= 0.3 is 0 Å². The molecular formula is C15H11FN4. The summed E-state index contributed by atoms with van der Waals surface area (Å²) >= 11 is 0. The molecule has 0 radical (unpaired) electrons. The normalized spacial score (nSPS) is 11.5. The highest BCUT2D eigenvalue weighted by molar-refractivity contribution is 5.96. The molecule has 0 amide bonds. The average Bonchev–Trinajstić information content (AvgIpc) is 3.05. The van der Waals surface area contributed by atoms with Crippen LogP contribution in [0.25, 0.3) is 32.9 Å². The molecule has 4 nitrogen and oxygen atoms in total. The molecule has 1 N–H and O–H groups in total. The number of H-pyrrole nitrogens is 1. The minimum absolute atomic E-state index is 0.251. The predicted molar refractivity (Wildman–Crippen MR) is 75.8 cm³/mol. The molecule has 0 atom stereocenters. The van der Waals surface area contributed by atoms with Crippen molar-refractivity contribution in [1.29, 1.82) is 0 Å². The fraction of sp³-hybridized carbons (Fsp3) is 0.0667. The van der Waals surface area contributed by atoms with Crippen molar-refractivity contribution in [2.45, 2.75) is 0 Å². The average molecular weight is 266 g/mol. The summed E-state index contributed by atoms with van der Waals surface area (Å²) in [5, 5.41) is 12.8. The zero-order valence-electron chi connectivity index (χ0n) is 10.8. The molecule has 4 rings (SSSR count). The van der Waals surface area contributed by atoms with Crippen LogP contribution in [-0.4, -0.2) is 20.0 Å². The van der Waals surface area contributed by atoms with E-state index in [0.29, 0.717) is 5.56 Å². The smallest absolute Gasteiger partial charge is 0.131 e. The summed E-state index contributed by atoms with van der Waals surface area (Å²) in [5.74, 6) is -0.251. The van der Waals surface area contributed by atoms with Crippen LogP contribution < -0.4 is 0 Å². The van der Waals surface area contributed by atoms with Crippen molar-refractivity contribution in [2.24, 2.45) is 7.05 Å². The first-order valence-electron chi connectivity index (χ1n) is 6.28. The van der Waals surface area contributed by atoms with Crippen LogP contribution in [-0.2, 0) is 7.05 Å². The van der Waals surface area contributed by atoms with Crippen LogP contribution >= 0.6 is 0 Å². The van der Waals surface area contributed by atoms with E-state index in [1.165, 1.54) is 6.07 Å². The highest BCUT2D eigenvalue weighted by Gasteiger charge is 2.12. The SMILES string of the molecule is Cn1ncc2cc(F)c(-c3cccc4[nH]ncc34)cc21. The van der Waals surface area contributed by atoms with Gasteiger partial charge in [0.2, 0.25) is 0 Å². The highest BCUT2D eigenvalue weighted by atomic mass is 19.1. The molecule has 0 aliphatic rings. The molecule has 2 heterocycles. The summed E-state index contributed by atoms with van der Waals surface area (Å²) in [5.41, 5.74) is 3.19. The van der Waals surface area contributed by atoms with Gasteiger partial charge in [0, 0.05) is 23.4 Å². The minimum Gasteiger partial charge on any atom is -0.278 e. The first-order chi connectivity index (χ1) is 9.74. The van der Waals surface area contributed by atoms with Gasteiger partial charge in [0.25, 0.3) is 0 Å². The van der Waals surface area contributed by atoms with Crippen molar-refractivity contribution in [1.82, 2.24) is 20.0 Å². The maximum Gasteiger partial charge on any atom is 0.131 e. The second kappa shape index (κ2) is 3.90. The summed E-state index contributed by atoms with van der Waals surface area (Å²) in [6.45, 7) is 0. The summed E-state index contributed by atoms with van der Waals surface area (Å²) in [6, 6.07) is 9.07. The fourth-order valence-electron chi connectivity index (χ4n) is 2.58. The van der Waals surface area contributed by atoms with E-state index in [9.17, 15) is 4.39 Å². The second-order valence-electron chi connectivity index (χ2n) is 4.80. The first kappa shape index (κ1) is 11.2. The Balaban J connectivity index is 2.08. The molecule has 4 aromatic rings. The zero-order valence-corrected chi connectivity index (χ0v) is 10.8. The Kier molecular flexibility index (Phi) is 2.18. The number of nitrogens with zero attached hydrogens (tertiary/aromatic N) is 3. The number of hydrogen-bond acceptors (Lipinski definition) is 2. The number of fused-ring (bicyclic) bond motifs is 2. The standard InChI is InChI=1S/C15H11FN4/c1-20-15-6-11(13(16)5-9(15)7-18-20)10-3-2-4-14-12(10)8-17-19-14/h2-8H,1H3,(H,17,19). The Morgan fingerprint density at radius 1 is 1.15 bits per heavy atom. The van der Waals surface area contributed by atoms with Crippen LogP contribution in [0.2, 0.25) is 0 Å². The van der Waals surface area contributed by atoms with E-state index in [-0.39, 0.29) is 5.82 Å². The van der Waals surface area contributed by atoms with Crippen molar-refractivity contribution in [2.75, 3.05) is 0 Å².